The maximum atomic E-state index is 6.38. The van der Waals surface area contributed by atoms with E-state index in [2.05, 4.69) is 16.9 Å². The molecule has 2 aromatic rings. The molecule has 21 heavy (non-hydrogen) atoms. The third-order valence-corrected chi connectivity index (χ3v) is 6.98. The second-order valence-corrected chi connectivity index (χ2v) is 8.22. The van der Waals surface area contributed by atoms with E-state index in [-0.39, 0.29) is 5.25 Å². The molecule has 0 spiro atoms. The van der Waals surface area contributed by atoms with Gasteiger partial charge in [0.05, 0.1) is 10.8 Å². The van der Waals surface area contributed by atoms with Crippen molar-refractivity contribution in [3.8, 4) is 11.1 Å². The van der Waals surface area contributed by atoms with Gasteiger partial charge in [-0.25, -0.2) is 9.97 Å². The number of benzene rings is 1. The zero-order valence-corrected chi connectivity index (χ0v) is 14.6. The molecule has 1 aromatic heterocycles. The summed E-state index contributed by atoms with van der Waals surface area (Å²) in [6.07, 6.45) is 0. The zero-order valence-electron chi connectivity index (χ0n) is 11.4. The number of thioether (sulfide) groups is 2. The van der Waals surface area contributed by atoms with Crippen LogP contribution in [-0.4, -0.2) is 26.7 Å². The molecular weight excluding hydrogens is 343 g/mol. The van der Waals surface area contributed by atoms with Crippen LogP contribution in [0.5, 0.6) is 0 Å². The largest absolute Gasteiger partial charge is 0.219 e. The Balaban J connectivity index is 2.00. The minimum Gasteiger partial charge on any atom is -0.219 e. The van der Waals surface area contributed by atoms with E-state index >= 15 is 0 Å². The highest BCUT2D eigenvalue weighted by molar-refractivity contribution is 8.06. The lowest BCUT2D eigenvalue weighted by atomic mass is 10.1. The highest BCUT2D eigenvalue weighted by atomic mass is 35.5. The van der Waals surface area contributed by atoms with Gasteiger partial charge in [0, 0.05) is 16.8 Å². The Hall–Kier alpha value is -0.420. The fourth-order valence-corrected chi connectivity index (χ4v) is 5.62. The third-order valence-electron chi connectivity index (χ3n) is 3.34. The molecule has 3 rings (SSSR count). The van der Waals surface area contributed by atoms with Gasteiger partial charge in [-0.2, -0.15) is 11.8 Å². The van der Waals surface area contributed by atoms with E-state index in [1.165, 1.54) is 5.75 Å². The van der Waals surface area contributed by atoms with Crippen molar-refractivity contribution in [1.29, 1.82) is 0 Å². The molecule has 1 aliphatic heterocycles. The van der Waals surface area contributed by atoms with Crippen LogP contribution in [0.1, 0.15) is 18.0 Å². The molecule has 1 aromatic carbocycles. The molecule has 0 aliphatic carbocycles. The normalized spacial score (nSPS) is 22.2. The van der Waals surface area contributed by atoms with Crippen LogP contribution in [0.4, 0.5) is 0 Å². The first kappa shape index (κ1) is 15.5. The second kappa shape index (κ2) is 6.78. The predicted molar refractivity (Wildman–Crippen MR) is 94.6 cm³/mol. The fourth-order valence-electron chi connectivity index (χ4n) is 2.31. The van der Waals surface area contributed by atoms with Crippen LogP contribution < -0.4 is 0 Å². The Labute approximate surface area is 143 Å². The molecule has 110 valence electrons. The van der Waals surface area contributed by atoms with E-state index in [0.717, 1.165) is 17.1 Å². The van der Waals surface area contributed by atoms with Crippen molar-refractivity contribution >= 4 is 46.7 Å². The quantitative estimate of drug-likeness (QED) is 0.676. The number of hydrogen-bond donors (Lipinski definition) is 0. The minimum atomic E-state index is 0.253. The van der Waals surface area contributed by atoms with Crippen molar-refractivity contribution in [1.82, 2.24) is 9.97 Å². The summed E-state index contributed by atoms with van der Waals surface area (Å²) in [7, 11) is 0. The summed E-state index contributed by atoms with van der Waals surface area (Å²) in [4.78, 5) is 9.04. The molecule has 2 atom stereocenters. The van der Waals surface area contributed by atoms with E-state index in [4.69, 9.17) is 23.2 Å². The summed E-state index contributed by atoms with van der Waals surface area (Å²) in [5.74, 6) is 3.03. The van der Waals surface area contributed by atoms with Crippen molar-refractivity contribution in [2.24, 2.45) is 0 Å². The van der Waals surface area contributed by atoms with Crippen LogP contribution in [-0.2, 0) is 0 Å². The highest BCUT2D eigenvalue weighted by Crippen LogP contribution is 2.43. The standard InChI is InChI=1S/C15H14Cl2N2S2/c1-9-12(21-8-7-20-9)15-18-13(16)11(14(17)19-15)10-5-3-2-4-6-10/h2-6,9,12H,7-8H2,1H3. The molecule has 0 N–H and O–H groups in total. The van der Waals surface area contributed by atoms with E-state index in [1.54, 1.807) is 0 Å². The van der Waals surface area contributed by atoms with Crippen LogP contribution >= 0.6 is 46.7 Å². The van der Waals surface area contributed by atoms with Gasteiger partial charge in [-0.1, -0.05) is 60.5 Å². The van der Waals surface area contributed by atoms with Gasteiger partial charge < -0.3 is 0 Å². The topological polar surface area (TPSA) is 25.8 Å². The van der Waals surface area contributed by atoms with Gasteiger partial charge in [-0.05, 0) is 5.56 Å². The van der Waals surface area contributed by atoms with Crippen molar-refractivity contribution in [2.75, 3.05) is 11.5 Å². The number of aromatic nitrogens is 2. The maximum absolute atomic E-state index is 6.38. The van der Waals surface area contributed by atoms with Gasteiger partial charge in [0.2, 0.25) is 0 Å². The van der Waals surface area contributed by atoms with Gasteiger partial charge in [-0.15, -0.1) is 11.8 Å². The van der Waals surface area contributed by atoms with E-state index in [0.29, 0.717) is 21.1 Å². The minimum absolute atomic E-state index is 0.253. The second-order valence-electron chi connectivity index (χ2n) is 4.77. The first-order chi connectivity index (χ1) is 10.2. The van der Waals surface area contributed by atoms with Crippen molar-refractivity contribution in [2.45, 2.75) is 17.4 Å². The van der Waals surface area contributed by atoms with Crippen LogP contribution in [0.3, 0.4) is 0 Å². The summed E-state index contributed by atoms with van der Waals surface area (Å²) in [5, 5.41) is 1.58. The fraction of sp³-hybridized carbons (Fsp3) is 0.333. The molecule has 1 aliphatic rings. The average Bonchev–Trinajstić information content (AvgIpc) is 2.48. The van der Waals surface area contributed by atoms with Crippen LogP contribution in [0.25, 0.3) is 11.1 Å². The number of rotatable bonds is 2. The molecule has 1 fully saturated rings. The summed E-state index contributed by atoms with van der Waals surface area (Å²) in [5.41, 5.74) is 1.65. The Morgan fingerprint density at radius 3 is 2.24 bits per heavy atom. The Morgan fingerprint density at radius 1 is 1.00 bits per heavy atom. The molecule has 0 saturated carbocycles. The van der Waals surface area contributed by atoms with E-state index in [1.807, 2.05) is 53.9 Å². The van der Waals surface area contributed by atoms with Crippen molar-refractivity contribution in [3.05, 3.63) is 46.5 Å². The van der Waals surface area contributed by atoms with Crippen LogP contribution in [0, 0.1) is 0 Å². The van der Waals surface area contributed by atoms with Crippen molar-refractivity contribution < 1.29 is 0 Å². The lowest BCUT2D eigenvalue weighted by molar-refractivity contribution is 0.824. The van der Waals surface area contributed by atoms with Gasteiger partial charge in [0.15, 0.2) is 0 Å². The third kappa shape index (κ3) is 3.34. The molecule has 2 heterocycles. The van der Waals surface area contributed by atoms with Gasteiger partial charge >= 0.3 is 0 Å². The van der Waals surface area contributed by atoms with Gasteiger partial charge in [-0.3, -0.25) is 0 Å². The summed E-state index contributed by atoms with van der Waals surface area (Å²) in [6.45, 7) is 2.21. The smallest absolute Gasteiger partial charge is 0.145 e. The molecule has 0 amide bonds. The number of halogens is 2. The summed E-state index contributed by atoms with van der Waals surface area (Å²) >= 11 is 16.6. The Bertz CT molecular complexity index is 614. The van der Waals surface area contributed by atoms with Gasteiger partial charge in [0.25, 0.3) is 0 Å². The monoisotopic (exact) mass is 356 g/mol. The lowest BCUT2D eigenvalue weighted by Gasteiger charge is -2.26. The SMILES string of the molecule is CC1SCCSC1c1nc(Cl)c(-c2ccccc2)c(Cl)n1. The highest BCUT2D eigenvalue weighted by Gasteiger charge is 2.28. The summed E-state index contributed by atoms with van der Waals surface area (Å²) in [6, 6.07) is 9.78. The number of nitrogens with zero attached hydrogens (tertiary/aromatic N) is 2. The first-order valence-corrected chi connectivity index (χ1v) is 9.53. The molecule has 0 bridgehead atoms. The Kier molecular flexibility index (Phi) is 4.99. The van der Waals surface area contributed by atoms with E-state index in [9.17, 15) is 0 Å². The first-order valence-electron chi connectivity index (χ1n) is 6.68. The van der Waals surface area contributed by atoms with Crippen LogP contribution in [0.15, 0.2) is 30.3 Å². The molecule has 2 unspecified atom stereocenters. The molecular formula is C15H14Cl2N2S2. The van der Waals surface area contributed by atoms with Gasteiger partial charge in [0.1, 0.15) is 16.1 Å². The van der Waals surface area contributed by atoms with Crippen molar-refractivity contribution in [3.63, 3.8) is 0 Å². The van der Waals surface area contributed by atoms with Crippen LogP contribution in [0.2, 0.25) is 10.3 Å². The Morgan fingerprint density at radius 2 is 1.62 bits per heavy atom. The molecule has 6 heteroatoms. The molecule has 0 radical (unpaired) electrons. The zero-order chi connectivity index (χ0) is 14.8. The number of hydrogen-bond acceptors (Lipinski definition) is 4. The maximum Gasteiger partial charge on any atom is 0.145 e. The predicted octanol–water partition coefficient (Wildman–Crippen LogP) is 5.36. The lowest BCUT2D eigenvalue weighted by Crippen LogP contribution is -2.18. The average molecular weight is 357 g/mol. The molecule has 2 nitrogen and oxygen atoms in total. The summed E-state index contributed by atoms with van der Waals surface area (Å²) < 4.78 is 0. The van der Waals surface area contributed by atoms with E-state index < -0.39 is 0 Å². The molecule has 1 saturated heterocycles.